The van der Waals surface area contributed by atoms with Crippen molar-refractivity contribution in [2.75, 3.05) is 20.7 Å². The molecule has 0 aliphatic carbocycles. The Morgan fingerprint density at radius 2 is 2.30 bits per heavy atom. The van der Waals surface area contributed by atoms with Crippen LogP contribution in [0.25, 0.3) is 0 Å². The second-order valence-corrected chi connectivity index (χ2v) is 5.18. The third kappa shape index (κ3) is 3.48. The molecule has 1 amide bonds. The van der Waals surface area contributed by atoms with Crippen LogP contribution in [0.5, 0.6) is 5.75 Å². The summed E-state index contributed by atoms with van der Waals surface area (Å²) >= 11 is 0. The van der Waals surface area contributed by atoms with Crippen molar-refractivity contribution >= 4 is 5.91 Å². The van der Waals surface area contributed by atoms with Crippen LogP contribution in [0.1, 0.15) is 24.8 Å². The lowest BCUT2D eigenvalue weighted by Crippen LogP contribution is -2.47. The van der Waals surface area contributed by atoms with Crippen LogP contribution in [0.15, 0.2) is 18.2 Å². The molecule has 1 atom stereocenters. The summed E-state index contributed by atoms with van der Waals surface area (Å²) in [4.78, 5) is 14.2. The van der Waals surface area contributed by atoms with Crippen molar-refractivity contribution in [1.29, 1.82) is 0 Å². The van der Waals surface area contributed by atoms with Crippen LogP contribution in [0.3, 0.4) is 0 Å². The summed E-state index contributed by atoms with van der Waals surface area (Å²) in [7, 11) is 3.40. The van der Waals surface area contributed by atoms with Gasteiger partial charge in [-0.1, -0.05) is 12.5 Å². The number of piperidine rings is 1. The zero-order valence-corrected chi connectivity index (χ0v) is 12.0. The minimum absolute atomic E-state index is 0.0171. The van der Waals surface area contributed by atoms with Crippen molar-refractivity contribution in [1.82, 2.24) is 10.2 Å². The number of likely N-dealkylation sites (N-methyl/N-ethyl adjacent to an activating group) is 1. The average Bonchev–Trinajstić information content (AvgIpc) is 2.45. The second-order valence-electron chi connectivity index (χ2n) is 5.18. The molecular weight excluding hydrogens is 259 g/mol. The van der Waals surface area contributed by atoms with E-state index >= 15 is 0 Å². The topological polar surface area (TPSA) is 41.6 Å². The summed E-state index contributed by atoms with van der Waals surface area (Å²) in [6, 6.07) is 4.66. The molecule has 0 spiro atoms. The third-order valence-corrected chi connectivity index (χ3v) is 3.76. The lowest BCUT2D eigenvalue weighted by Gasteiger charge is -2.31. The molecule has 1 fully saturated rings. The number of nitrogens with one attached hydrogen (secondary N) is 1. The molecule has 1 heterocycles. The summed E-state index contributed by atoms with van der Waals surface area (Å²) in [6.07, 6.45) is 3.11. The first-order valence-corrected chi connectivity index (χ1v) is 6.92. The highest BCUT2D eigenvalue weighted by atomic mass is 19.1. The van der Waals surface area contributed by atoms with Crippen molar-refractivity contribution in [3.05, 3.63) is 29.6 Å². The van der Waals surface area contributed by atoms with E-state index in [9.17, 15) is 9.18 Å². The van der Waals surface area contributed by atoms with Gasteiger partial charge in [-0.05, 0) is 44.1 Å². The fraction of sp³-hybridized carbons (Fsp3) is 0.533. The Bertz CT molecular complexity index is 479. The van der Waals surface area contributed by atoms with Gasteiger partial charge in [0.25, 0.3) is 0 Å². The molecule has 1 aliphatic rings. The van der Waals surface area contributed by atoms with E-state index in [2.05, 4.69) is 10.2 Å². The van der Waals surface area contributed by atoms with Crippen LogP contribution in [0.2, 0.25) is 0 Å². The fourth-order valence-corrected chi connectivity index (χ4v) is 2.53. The number of likely N-dealkylation sites (tertiary alicyclic amines) is 1. The molecule has 20 heavy (non-hydrogen) atoms. The van der Waals surface area contributed by atoms with Gasteiger partial charge in [-0.25, -0.2) is 4.39 Å². The molecule has 0 bridgehead atoms. The molecule has 2 rings (SSSR count). The Morgan fingerprint density at radius 3 is 2.95 bits per heavy atom. The number of methoxy groups -OCH3 is 1. The lowest BCUT2D eigenvalue weighted by molar-refractivity contribution is -0.127. The number of amides is 1. The first kappa shape index (κ1) is 14.8. The Hall–Kier alpha value is -1.62. The monoisotopic (exact) mass is 280 g/mol. The number of halogens is 1. The number of carbonyl (C=O) groups excluding carboxylic acids is 1. The zero-order chi connectivity index (χ0) is 14.5. The van der Waals surface area contributed by atoms with Crippen LogP contribution >= 0.6 is 0 Å². The minimum atomic E-state index is -0.408. The van der Waals surface area contributed by atoms with Gasteiger partial charge in [-0.2, -0.15) is 0 Å². The van der Waals surface area contributed by atoms with E-state index in [1.807, 2.05) is 7.05 Å². The largest absolute Gasteiger partial charge is 0.494 e. The highest BCUT2D eigenvalue weighted by Crippen LogP contribution is 2.18. The Labute approximate surface area is 118 Å². The molecule has 1 N–H and O–H groups in total. The quantitative estimate of drug-likeness (QED) is 0.916. The second kappa shape index (κ2) is 6.70. The van der Waals surface area contributed by atoms with Gasteiger partial charge in [0, 0.05) is 6.54 Å². The van der Waals surface area contributed by atoms with Crippen LogP contribution in [0.4, 0.5) is 4.39 Å². The van der Waals surface area contributed by atoms with E-state index < -0.39 is 5.82 Å². The van der Waals surface area contributed by atoms with Crippen LogP contribution in [-0.4, -0.2) is 37.6 Å². The zero-order valence-electron chi connectivity index (χ0n) is 12.0. The van der Waals surface area contributed by atoms with Gasteiger partial charge in [0.05, 0.1) is 13.2 Å². The van der Waals surface area contributed by atoms with Gasteiger partial charge in [0.1, 0.15) is 0 Å². The maximum absolute atomic E-state index is 13.5. The van der Waals surface area contributed by atoms with Crippen LogP contribution < -0.4 is 10.1 Å². The summed E-state index contributed by atoms with van der Waals surface area (Å²) in [5.74, 6) is -0.176. The fourth-order valence-electron chi connectivity index (χ4n) is 2.53. The third-order valence-electron chi connectivity index (χ3n) is 3.76. The molecular formula is C15H21FN2O2. The van der Waals surface area contributed by atoms with E-state index in [0.29, 0.717) is 6.54 Å². The predicted molar refractivity (Wildman–Crippen MR) is 75.1 cm³/mol. The maximum Gasteiger partial charge on any atom is 0.237 e. The van der Waals surface area contributed by atoms with Gasteiger partial charge < -0.3 is 10.1 Å². The predicted octanol–water partition coefficient (Wildman–Crippen LogP) is 1.93. The van der Waals surface area contributed by atoms with Gasteiger partial charge >= 0.3 is 0 Å². The van der Waals surface area contributed by atoms with Crippen molar-refractivity contribution in [2.45, 2.75) is 31.8 Å². The summed E-state index contributed by atoms with van der Waals surface area (Å²) in [5, 5.41) is 2.88. The molecule has 0 aromatic heterocycles. The molecule has 1 aliphatic heterocycles. The molecule has 0 unspecified atom stereocenters. The number of hydrogen-bond donors (Lipinski definition) is 1. The molecule has 4 nitrogen and oxygen atoms in total. The SMILES string of the molecule is COc1ccc(CNC(=O)[C@H]2CCCCN2C)cc1F. The normalized spacial score (nSPS) is 19.6. The highest BCUT2D eigenvalue weighted by molar-refractivity contribution is 5.81. The first-order chi connectivity index (χ1) is 9.61. The van der Waals surface area contributed by atoms with Gasteiger partial charge in [0.2, 0.25) is 5.91 Å². The van der Waals surface area contributed by atoms with Crippen molar-refractivity contribution in [3.8, 4) is 5.75 Å². The Kier molecular flexibility index (Phi) is 4.95. The summed E-state index contributed by atoms with van der Waals surface area (Å²) in [5.41, 5.74) is 0.732. The number of benzene rings is 1. The maximum atomic E-state index is 13.5. The first-order valence-electron chi connectivity index (χ1n) is 6.92. The Morgan fingerprint density at radius 1 is 1.50 bits per heavy atom. The number of ether oxygens (including phenoxy) is 1. The van der Waals surface area contributed by atoms with E-state index in [4.69, 9.17) is 4.74 Å². The van der Waals surface area contributed by atoms with Gasteiger partial charge in [0.15, 0.2) is 11.6 Å². The van der Waals surface area contributed by atoms with E-state index in [1.54, 1.807) is 12.1 Å². The Balaban J connectivity index is 1.91. The smallest absolute Gasteiger partial charge is 0.237 e. The van der Waals surface area contributed by atoms with E-state index in [1.165, 1.54) is 13.2 Å². The molecule has 1 aromatic rings. The molecule has 1 saturated heterocycles. The van der Waals surface area contributed by atoms with E-state index in [0.717, 1.165) is 31.4 Å². The number of nitrogens with zero attached hydrogens (tertiary/aromatic N) is 1. The number of rotatable bonds is 4. The van der Waals surface area contributed by atoms with Gasteiger partial charge in [-0.15, -0.1) is 0 Å². The van der Waals surface area contributed by atoms with Crippen molar-refractivity contribution < 1.29 is 13.9 Å². The summed E-state index contributed by atoms with van der Waals surface area (Å²) in [6.45, 7) is 1.29. The lowest BCUT2D eigenvalue weighted by atomic mass is 10.0. The average molecular weight is 280 g/mol. The minimum Gasteiger partial charge on any atom is -0.494 e. The summed E-state index contributed by atoms with van der Waals surface area (Å²) < 4.78 is 18.4. The van der Waals surface area contributed by atoms with E-state index in [-0.39, 0.29) is 17.7 Å². The standard InChI is InChI=1S/C15H21FN2O2/c1-18-8-4-3-5-13(18)15(19)17-10-11-6-7-14(20-2)12(16)9-11/h6-7,9,13H,3-5,8,10H2,1-2H3,(H,17,19)/t13-/m1/s1. The molecule has 110 valence electrons. The van der Waals surface area contributed by atoms with Crippen LogP contribution in [-0.2, 0) is 11.3 Å². The highest BCUT2D eigenvalue weighted by Gasteiger charge is 2.25. The molecule has 5 heteroatoms. The van der Waals surface area contributed by atoms with Crippen molar-refractivity contribution in [3.63, 3.8) is 0 Å². The molecule has 0 saturated carbocycles. The number of hydrogen-bond acceptors (Lipinski definition) is 3. The van der Waals surface area contributed by atoms with Gasteiger partial charge in [-0.3, -0.25) is 9.69 Å². The van der Waals surface area contributed by atoms with Crippen LogP contribution in [0, 0.1) is 5.82 Å². The molecule has 1 aromatic carbocycles. The van der Waals surface area contributed by atoms with Crippen molar-refractivity contribution in [2.24, 2.45) is 0 Å². The number of carbonyl (C=O) groups is 1. The molecule has 0 radical (unpaired) electrons.